The number of pyridine rings is 2. The Morgan fingerprint density at radius 3 is 2.67 bits per heavy atom. The topological polar surface area (TPSA) is 92.1 Å². The molecule has 2 aromatic heterocycles. The minimum atomic E-state index is -0.412. The average Bonchev–Trinajstić information content (AvgIpc) is 2.80. The van der Waals surface area contributed by atoms with Gasteiger partial charge in [-0.3, -0.25) is 0 Å². The van der Waals surface area contributed by atoms with Gasteiger partial charge < -0.3 is 20.1 Å². The Labute approximate surface area is 181 Å². The van der Waals surface area contributed by atoms with Crippen molar-refractivity contribution in [3.8, 4) is 17.3 Å². The summed E-state index contributed by atoms with van der Waals surface area (Å²) in [6.07, 6.45) is 5.04. The van der Waals surface area contributed by atoms with Gasteiger partial charge in [0.1, 0.15) is 11.6 Å². The van der Waals surface area contributed by atoms with Crippen molar-refractivity contribution in [2.75, 3.05) is 43.6 Å². The molecule has 0 spiro atoms. The molecule has 0 amide bonds. The van der Waals surface area contributed by atoms with Gasteiger partial charge in [-0.2, -0.15) is 5.26 Å². The Kier molecular flexibility index (Phi) is 6.68. The Hall–Kier alpha value is -2.40. The summed E-state index contributed by atoms with van der Waals surface area (Å²) in [4.78, 5) is 9.15. The molecule has 7 nitrogen and oxygen atoms in total. The van der Waals surface area contributed by atoms with Gasteiger partial charge in [0.2, 0.25) is 0 Å². The summed E-state index contributed by atoms with van der Waals surface area (Å²) in [7, 11) is 0. The van der Waals surface area contributed by atoms with Crippen molar-refractivity contribution >= 4 is 23.2 Å². The molecule has 0 unspecified atom stereocenters. The second-order valence-corrected chi connectivity index (χ2v) is 8.25. The van der Waals surface area contributed by atoms with E-state index in [2.05, 4.69) is 21.7 Å². The first kappa shape index (κ1) is 20.9. The third kappa shape index (κ3) is 5.01. The standard InChI is InChI=1S/C22H26ClN5O2/c23-18-13-25-21(27-16-4-8-29-9-5-16)12-17(18)19-2-1-3-20(28-19)26-15-22(14-24)6-10-30-11-7-22/h1-3,12-13,16H,4-11,15H2,(H,25,27)(H,26,28). The first-order valence-electron chi connectivity index (χ1n) is 10.4. The number of nitrogens with one attached hydrogen (secondary N) is 2. The van der Waals surface area contributed by atoms with Crippen molar-refractivity contribution in [3.63, 3.8) is 0 Å². The number of rotatable bonds is 6. The second kappa shape index (κ2) is 9.61. The zero-order valence-electron chi connectivity index (χ0n) is 16.9. The Morgan fingerprint density at radius 2 is 1.90 bits per heavy atom. The van der Waals surface area contributed by atoms with Crippen LogP contribution in [0.4, 0.5) is 11.6 Å². The summed E-state index contributed by atoms with van der Waals surface area (Å²) >= 11 is 6.44. The van der Waals surface area contributed by atoms with E-state index in [1.54, 1.807) is 6.20 Å². The molecule has 0 radical (unpaired) electrons. The van der Waals surface area contributed by atoms with Crippen LogP contribution in [0.5, 0.6) is 0 Å². The van der Waals surface area contributed by atoms with E-state index in [0.29, 0.717) is 30.8 Å². The molecule has 8 heteroatoms. The van der Waals surface area contributed by atoms with Crippen LogP contribution in [-0.4, -0.2) is 49.0 Å². The largest absolute Gasteiger partial charge is 0.381 e. The number of hydrogen-bond donors (Lipinski definition) is 2. The fourth-order valence-electron chi connectivity index (χ4n) is 3.80. The van der Waals surface area contributed by atoms with Crippen LogP contribution in [0.15, 0.2) is 30.5 Å². The molecule has 2 fully saturated rings. The van der Waals surface area contributed by atoms with E-state index in [1.165, 1.54) is 0 Å². The lowest BCUT2D eigenvalue weighted by molar-refractivity contribution is 0.0455. The van der Waals surface area contributed by atoms with Crippen molar-refractivity contribution in [1.29, 1.82) is 5.26 Å². The number of nitrogens with zero attached hydrogens (tertiary/aromatic N) is 3. The Balaban J connectivity index is 1.49. The lowest BCUT2D eigenvalue weighted by Gasteiger charge is -2.30. The molecule has 30 heavy (non-hydrogen) atoms. The number of halogens is 1. The van der Waals surface area contributed by atoms with E-state index >= 15 is 0 Å². The summed E-state index contributed by atoms with van der Waals surface area (Å²) in [5.41, 5.74) is 1.18. The average molecular weight is 428 g/mol. The summed E-state index contributed by atoms with van der Waals surface area (Å²) < 4.78 is 10.8. The highest BCUT2D eigenvalue weighted by molar-refractivity contribution is 6.33. The molecular formula is C22H26ClN5O2. The van der Waals surface area contributed by atoms with Crippen molar-refractivity contribution in [2.45, 2.75) is 31.7 Å². The lowest BCUT2D eigenvalue weighted by Crippen LogP contribution is -2.34. The maximum absolute atomic E-state index is 9.65. The molecule has 158 valence electrons. The van der Waals surface area contributed by atoms with Gasteiger partial charge in [-0.25, -0.2) is 9.97 Å². The molecular weight excluding hydrogens is 402 g/mol. The van der Waals surface area contributed by atoms with Gasteiger partial charge in [-0.15, -0.1) is 0 Å². The molecule has 2 N–H and O–H groups in total. The van der Waals surface area contributed by atoms with Gasteiger partial charge in [0, 0.05) is 50.8 Å². The molecule has 0 aromatic carbocycles. The van der Waals surface area contributed by atoms with Crippen LogP contribution in [-0.2, 0) is 9.47 Å². The van der Waals surface area contributed by atoms with Gasteiger partial charge in [-0.1, -0.05) is 17.7 Å². The number of nitriles is 1. The van der Waals surface area contributed by atoms with Crippen LogP contribution in [0.3, 0.4) is 0 Å². The number of anilines is 2. The summed E-state index contributed by atoms with van der Waals surface area (Å²) in [6, 6.07) is 10.5. The first-order chi connectivity index (χ1) is 14.7. The van der Waals surface area contributed by atoms with Crippen LogP contribution >= 0.6 is 11.6 Å². The predicted molar refractivity (Wildman–Crippen MR) is 117 cm³/mol. The quantitative estimate of drug-likeness (QED) is 0.716. The highest BCUT2D eigenvalue weighted by Gasteiger charge is 2.32. The van der Waals surface area contributed by atoms with Gasteiger partial charge in [0.05, 0.1) is 22.2 Å². The zero-order chi connectivity index (χ0) is 20.8. The SMILES string of the molecule is N#CC1(CNc2cccc(-c3cc(NC4CCOCC4)ncc3Cl)n2)CCOCC1. The summed E-state index contributed by atoms with van der Waals surface area (Å²) in [5, 5.41) is 17.0. The molecule has 4 rings (SSSR count). The van der Waals surface area contributed by atoms with Crippen LogP contribution in [0, 0.1) is 16.7 Å². The number of ether oxygens (including phenoxy) is 2. The maximum atomic E-state index is 9.65. The molecule has 2 aliphatic rings. The predicted octanol–water partition coefficient (Wildman–Crippen LogP) is 4.12. The second-order valence-electron chi connectivity index (χ2n) is 7.85. The van der Waals surface area contributed by atoms with Crippen LogP contribution in [0.25, 0.3) is 11.3 Å². The fraction of sp³-hybridized carbons (Fsp3) is 0.500. The molecule has 4 heterocycles. The van der Waals surface area contributed by atoms with Gasteiger partial charge in [-0.05, 0) is 43.9 Å². The van der Waals surface area contributed by atoms with Crippen molar-refractivity contribution in [1.82, 2.24) is 9.97 Å². The van der Waals surface area contributed by atoms with E-state index in [9.17, 15) is 5.26 Å². The summed E-state index contributed by atoms with van der Waals surface area (Å²) in [6.45, 7) is 3.33. The molecule has 2 aliphatic heterocycles. The van der Waals surface area contributed by atoms with E-state index in [-0.39, 0.29) is 0 Å². The highest BCUT2D eigenvalue weighted by atomic mass is 35.5. The number of aromatic nitrogens is 2. The Morgan fingerprint density at radius 1 is 1.13 bits per heavy atom. The lowest BCUT2D eigenvalue weighted by atomic mass is 9.82. The minimum Gasteiger partial charge on any atom is -0.381 e. The number of hydrogen-bond acceptors (Lipinski definition) is 7. The first-order valence-corrected chi connectivity index (χ1v) is 10.8. The van der Waals surface area contributed by atoms with Gasteiger partial charge in [0.25, 0.3) is 0 Å². The van der Waals surface area contributed by atoms with Crippen molar-refractivity contribution < 1.29 is 9.47 Å². The molecule has 2 saturated heterocycles. The van der Waals surface area contributed by atoms with E-state index in [0.717, 1.165) is 61.8 Å². The normalized spacial score (nSPS) is 19.1. The highest BCUT2D eigenvalue weighted by Crippen LogP contribution is 2.31. The maximum Gasteiger partial charge on any atom is 0.126 e. The van der Waals surface area contributed by atoms with Gasteiger partial charge in [0.15, 0.2) is 0 Å². The van der Waals surface area contributed by atoms with E-state index < -0.39 is 5.41 Å². The third-order valence-electron chi connectivity index (χ3n) is 5.75. The fourth-order valence-corrected chi connectivity index (χ4v) is 4.00. The van der Waals surface area contributed by atoms with Crippen LogP contribution in [0.1, 0.15) is 25.7 Å². The van der Waals surface area contributed by atoms with E-state index in [1.807, 2.05) is 24.3 Å². The van der Waals surface area contributed by atoms with Gasteiger partial charge >= 0.3 is 0 Å². The van der Waals surface area contributed by atoms with Crippen molar-refractivity contribution in [3.05, 3.63) is 35.5 Å². The van der Waals surface area contributed by atoms with Crippen LogP contribution < -0.4 is 10.6 Å². The molecule has 0 atom stereocenters. The molecule has 0 saturated carbocycles. The molecule has 0 bridgehead atoms. The Bertz CT molecular complexity index is 905. The van der Waals surface area contributed by atoms with E-state index in [4.69, 9.17) is 26.1 Å². The third-order valence-corrected chi connectivity index (χ3v) is 6.05. The molecule has 2 aromatic rings. The molecule has 0 aliphatic carbocycles. The smallest absolute Gasteiger partial charge is 0.126 e. The zero-order valence-corrected chi connectivity index (χ0v) is 17.6. The minimum absolute atomic E-state index is 0.350. The van der Waals surface area contributed by atoms with Crippen molar-refractivity contribution in [2.24, 2.45) is 5.41 Å². The van der Waals surface area contributed by atoms with Crippen LogP contribution in [0.2, 0.25) is 5.02 Å². The summed E-state index contributed by atoms with van der Waals surface area (Å²) in [5.74, 6) is 1.51. The monoisotopic (exact) mass is 427 g/mol.